The number of fused-ring (bicyclic) bond motifs is 1. The highest BCUT2D eigenvalue weighted by Crippen LogP contribution is 2.29. The van der Waals surface area contributed by atoms with E-state index in [4.69, 9.17) is 29.4 Å². The first-order valence-electron chi connectivity index (χ1n) is 9.66. The molecule has 0 atom stereocenters. The molecule has 1 aromatic carbocycles. The van der Waals surface area contributed by atoms with Crippen LogP contribution in [-0.2, 0) is 15.9 Å². The van der Waals surface area contributed by atoms with Gasteiger partial charge < -0.3 is 24.3 Å². The third kappa shape index (κ3) is 4.47. The molecular formula is C21H23N5O4. The zero-order chi connectivity index (χ0) is 20.8. The summed E-state index contributed by atoms with van der Waals surface area (Å²) in [5.41, 5.74) is 3.20. The van der Waals surface area contributed by atoms with Gasteiger partial charge in [0.25, 0.3) is 0 Å². The van der Waals surface area contributed by atoms with Crippen molar-refractivity contribution in [1.29, 1.82) is 0 Å². The monoisotopic (exact) mass is 409 g/mol. The van der Waals surface area contributed by atoms with Crippen molar-refractivity contribution < 1.29 is 19.4 Å². The number of nitrogens with zero attached hydrogens (tertiary/aromatic N) is 5. The maximum atomic E-state index is 8.72. The van der Waals surface area contributed by atoms with E-state index in [1.165, 1.54) is 6.21 Å². The normalized spacial score (nSPS) is 14.5. The van der Waals surface area contributed by atoms with E-state index in [9.17, 15) is 0 Å². The van der Waals surface area contributed by atoms with Crippen molar-refractivity contribution in [1.82, 2.24) is 15.0 Å². The average Bonchev–Trinajstić information content (AvgIpc) is 2.81. The summed E-state index contributed by atoms with van der Waals surface area (Å²) in [5.74, 6) is 2.04. The Bertz CT molecular complexity index is 1040. The van der Waals surface area contributed by atoms with E-state index in [1.807, 2.05) is 30.3 Å². The van der Waals surface area contributed by atoms with Crippen LogP contribution in [0.2, 0.25) is 0 Å². The van der Waals surface area contributed by atoms with Crippen molar-refractivity contribution in [3.63, 3.8) is 0 Å². The molecule has 0 aliphatic carbocycles. The first-order chi connectivity index (χ1) is 14.8. The van der Waals surface area contributed by atoms with E-state index >= 15 is 0 Å². The standard InChI is InChI=1S/C21H23N5O4/c1-28-14-30-17-4-2-3-16(12-17)20-24-18-11-15(5-6-23-27)13-22-19(18)21(25-20)26-7-9-29-10-8-26/h2-4,6,11-13,27H,5,7-10,14H2,1H3/b23-6+. The molecule has 30 heavy (non-hydrogen) atoms. The maximum absolute atomic E-state index is 8.72. The molecule has 1 aliphatic heterocycles. The number of oxime groups is 1. The Labute approximate surface area is 173 Å². The van der Waals surface area contributed by atoms with Gasteiger partial charge in [-0.2, -0.15) is 0 Å². The molecule has 9 heteroatoms. The Morgan fingerprint density at radius 3 is 2.90 bits per heavy atom. The molecule has 0 unspecified atom stereocenters. The molecule has 0 saturated carbocycles. The Hall–Kier alpha value is -3.30. The van der Waals surface area contributed by atoms with Crippen molar-refractivity contribution in [2.75, 3.05) is 45.1 Å². The summed E-state index contributed by atoms with van der Waals surface area (Å²) < 4.78 is 16.0. The Balaban J connectivity index is 1.80. The molecule has 1 fully saturated rings. The van der Waals surface area contributed by atoms with Gasteiger partial charge in [0.15, 0.2) is 18.4 Å². The predicted octanol–water partition coefficient (Wildman–Crippen LogP) is 2.51. The highest BCUT2D eigenvalue weighted by Gasteiger charge is 2.19. The van der Waals surface area contributed by atoms with E-state index in [1.54, 1.807) is 13.3 Å². The molecule has 2 aromatic heterocycles. The van der Waals surface area contributed by atoms with Crippen molar-refractivity contribution in [3.8, 4) is 17.1 Å². The first kappa shape index (κ1) is 20.0. The van der Waals surface area contributed by atoms with Crippen LogP contribution in [0.5, 0.6) is 5.75 Å². The Morgan fingerprint density at radius 1 is 1.23 bits per heavy atom. The third-order valence-electron chi connectivity index (χ3n) is 4.73. The maximum Gasteiger partial charge on any atom is 0.188 e. The third-order valence-corrected chi connectivity index (χ3v) is 4.73. The van der Waals surface area contributed by atoms with Crippen LogP contribution in [0.25, 0.3) is 22.4 Å². The van der Waals surface area contributed by atoms with Gasteiger partial charge in [-0.1, -0.05) is 12.1 Å². The van der Waals surface area contributed by atoms with Gasteiger partial charge in [-0.25, -0.2) is 9.97 Å². The quantitative estimate of drug-likeness (QED) is 0.275. The van der Waals surface area contributed by atoms with Crippen molar-refractivity contribution in [2.24, 2.45) is 5.16 Å². The lowest BCUT2D eigenvalue weighted by molar-refractivity contribution is 0.0511. The lowest BCUT2D eigenvalue weighted by Crippen LogP contribution is -2.37. The van der Waals surface area contributed by atoms with Crippen LogP contribution in [-0.4, -0.2) is 66.6 Å². The van der Waals surface area contributed by atoms with Crippen LogP contribution in [0, 0.1) is 0 Å². The highest BCUT2D eigenvalue weighted by molar-refractivity contribution is 5.88. The number of pyridine rings is 1. The fraction of sp³-hybridized carbons (Fsp3) is 0.333. The molecule has 3 aromatic rings. The second-order valence-electron chi connectivity index (χ2n) is 6.76. The van der Waals surface area contributed by atoms with Crippen LogP contribution in [0.1, 0.15) is 5.56 Å². The van der Waals surface area contributed by atoms with E-state index in [0.29, 0.717) is 31.2 Å². The molecular weight excluding hydrogens is 386 g/mol. The Kier molecular flexibility index (Phi) is 6.31. The second-order valence-corrected chi connectivity index (χ2v) is 6.76. The summed E-state index contributed by atoms with van der Waals surface area (Å²) in [6.45, 7) is 2.94. The largest absolute Gasteiger partial charge is 0.468 e. The van der Waals surface area contributed by atoms with E-state index in [2.05, 4.69) is 15.0 Å². The van der Waals surface area contributed by atoms with Gasteiger partial charge in [0.05, 0.1) is 18.7 Å². The summed E-state index contributed by atoms with van der Waals surface area (Å²) >= 11 is 0. The van der Waals surface area contributed by atoms with Crippen LogP contribution in [0.15, 0.2) is 41.7 Å². The molecule has 156 valence electrons. The molecule has 0 amide bonds. The number of aromatic nitrogens is 3. The van der Waals surface area contributed by atoms with Gasteiger partial charge in [-0.05, 0) is 23.8 Å². The van der Waals surface area contributed by atoms with Gasteiger partial charge in [0.1, 0.15) is 11.3 Å². The number of rotatable bonds is 7. The molecule has 1 N–H and O–H groups in total. The SMILES string of the molecule is COCOc1cccc(-c2nc(N3CCOCC3)c3ncc(C/C=N/O)cc3n2)c1. The first-order valence-corrected chi connectivity index (χ1v) is 9.66. The fourth-order valence-electron chi connectivity index (χ4n) is 3.28. The molecule has 0 radical (unpaired) electrons. The minimum atomic E-state index is 0.167. The smallest absolute Gasteiger partial charge is 0.188 e. The lowest BCUT2D eigenvalue weighted by atomic mass is 10.1. The van der Waals surface area contributed by atoms with Gasteiger partial charge in [0.2, 0.25) is 0 Å². The van der Waals surface area contributed by atoms with Gasteiger partial charge in [-0.15, -0.1) is 5.16 Å². The van der Waals surface area contributed by atoms with Crippen molar-refractivity contribution in [2.45, 2.75) is 6.42 Å². The van der Waals surface area contributed by atoms with Crippen LogP contribution in [0.3, 0.4) is 0 Å². The molecule has 1 aliphatic rings. The number of benzene rings is 1. The summed E-state index contributed by atoms with van der Waals surface area (Å²) in [6, 6.07) is 9.54. The number of ether oxygens (including phenoxy) is 3. The number of morpholine rings is 1. The summed E-state index contributed by atoms with van der Waals surface area (Å²) in [7, 11) is 1.58. The van der Waals surface area contributed by atoms with E-state index < -0.39 is 0 Å². The zero-order valence-electron chi connectivity index (χ0n) is 16.7. The Morgan fingerprint density at radius 2 is 2.10 bits per heavy atom. The molecule has 3 heterocycles. The highest BCUT2D eigenvalue weighted by atomic mass is 16.7. The number of anilines is 1. The molecule has 9 nitrogen and oxygen atoms in total. The molecule has 0 spiro atoms. The average molecular weight is 409 g/mol. The van der Waals surface area contributed by atoms with Crippen molar-refractivity contribution >= 4 is 23.1 Å². The lowest BCUT2D eigenvalue weighted by Gasteiger charge is -2.28. The number of hydrogen-bond donors (Lipinski definition) is 1. The second kappa shape index (κ2) is 9.47. The molecule has 0 bridgehead atoms. The summed E-state index contributed by atoms with van der Waals surface area (Å²) in [4.78, 5) is 16.4. The minimum absolute atomic E-state index is 0.167. The van der Waals surface area contributed by atoms with Gasteiger partial charge in [-0.3, -0.25) is 4.98 Å². The van der Waals surface area contributed by atoms with Gasteiger partial charge in [0, 0.05) is 44.6 Å². The zero-order valence-corrected chi connectivity index (χ0v) is 16.7. The van der Waals surface area contributed by atoms with Crippen molar-refractivity contribution in [3.05, 3.63) is 42.1 Å². The number of hydrogen-bond acceptors (Lipinski definition) is 9. The topological polar surface area (TPSA) is 102 Å². The van der Waals surface area contributed by atoms with E-state index in [0.717, 1.165) is 41.1 Å². The van der Waals surface area contributed by atoms with Gasteiger partial charge >= 0.3 is 0 Å². The molecule has 4 rings (SSSR count). The minimum Gasteiger partial charge on any atom is -0.468 e. The van der Waals surface area contributed by atoms with E-state index in [-0.39, 0.29) is 6.79 Å². The van der Waals surface area contributed by atoms with Crippen LogP contribution >= 0.6 is 0 Å². The molecule has 1 saturated heterocycles. The summed E-state index contributed by atoms with van der Waals surface area (Å²) in [5, 5.41) is 11.8. The van der Waals surface area contributed by atoms with Crippen LogP contribution < -0.4 is 9.64 Å². The predicted molar refractivity (Wildman–Crippen MR) is 112 cm³/mol. The van der Waals surface area contributed by atoms with Crippen LogP contribution in [0.4, 0.5) is 5.82 Å². The summed E-state index contributed by atoms with van der Waals surface area (Å²) in [6.07, 6.45) is 3.65. The fourth-order valence-corrected chi connectivity index (χ4v) is 3.28. The number of methoxy groups -OCH3 is 1.